The monoisotopic (exact) mass is 307 g/mol. The summed E-state index contributed by atoms with van der Waals surface area (Å²) in [4.78, 5) is 7.70. The molecule has 0 amide bonds. The first-order chi connectivity index (χ1) is 9.98. The zero-order valence-corrected chi connectivity index (χ0v) is 12.6. The Morgan fingerprint density at radius 1 is 1.29 bits per heavy atom. The van der Waals surface area contributed by atoms with Crippen LogP contribution < -0.4 is 15.6 Å². The first-order valence-electron chi connectivity index (χ1n) is 6.37. The Labute approximate surface area is 123 Å². The van der Waals surface area contributed by atoms with Crippen LogP contribution in [0.2, 0.25) is 0 Å². The molecule has 3 N–H and O–H groups in total. The van der Waals surface area contributed by atoms with Gasteiger partial charge in [0, 0.05) is 6.54 Å². The highest BCUT2D eigenvalue weighted by atomic mass is 32.2. The van der Waals surface area contributed by atoms with Gasteiger partial charge in [-0.25, -0.2) is 24.2 Å². The maximum atomic E-state index is 12.7. The SMILES string of the molecule is CCN(c1cccc(C)c1)S(=O)(=O)c1cnc(NN)nc1. The van der Waals surface area contributed by atoms with E-state index in [4.69, 9.17) is 5.84 Å². The van der Waals surface area contributed by atoms with Crippen molar-refractivity contribution >= 4 is 21.7 Å². The van der Waals surface area contributed by atoms with Crippen LogP contribution in [-0.2, 0) is 10.0 Å². The molecule has 2 aromatic rings. The normalized spacial score (nSPS) is 11.2. The van der Waals surface area contributed by atoms with E-state index in [0.29, 0.717) is 12.2 Å². The van der Waals surface area contributed by atoms with Gasteiger partial charge >= 0.3 is 0 Å². The summed E-state index contributed by atoms with van der Waals surface area (Å²) in [6.45, 7) is 3.99. The Morgan fingerprint density at radius 2 is 1.95 bits per heavy atom. The molecule has 1 aromatic carbocycles. The standard InChI is InChI=1S/C13H17N5O2S/c1-3-18(11-6-4-5-10(2)7-11)21(19,20)12-8-15-13(17-14)16-9-12/h4-9H,3,14H2,1-2H3,(H,15,16,17). The van der Waals surface area contributed by atoms with Crippen LogP contribution in [0.15, 0.2) is 41.6 Å². The summed E-state index contributed by atoms with van der Waals surface area (Å²) in [5.74, 6) is 5.33. The van der Waals surface area contributed by atoms with Crippen molar-refractivity contribution in [1.29, 1.82) is 0 Å². The number of hydrogen-bond donors (Lipinski definition) is 2. The van der Waals surface area contributed by atoms with E-state index in [0.717, 1.165) is 5.56 Å². The van der Waals surface area contributed by atoms with Gasteiger partial charge in [-0.3, -0.25) is 9.73 Å². The molecule has 112 valence electrons. The minimum Gasteiger partial charge on any atom is -0.292 e. The highest BCUT2D eigenvalue weighted by Gasteiger charge is 2.24. The van der Waals surface area contributed by atoms with Crippen LogP contribution in [-0.4, -0.2) is 24.9 Å². The maximum Gasteiger partial charge on any atom is 0.267 e. The predicted molar refractivity (Wildman–Crippen MR) is 81.2 cm³/mol. The second kappa shape index (κ2) is 6.06. The molecule has 0 bridgehead atoms. The third-order valence-corrected chi connectivity index (χ3v) is 4.78. The highest BCUT2D eigenvalue weighted by molar-refractivity contribution is 7.92. The zero-order valence-electron chi connectivity index (χ0n) is 11.8. The summed E-state index contributed by atoms with van der Waals surface area (Å²) >= 11 is 0. The highest BCUT2D eigenvalue weighted by Crippen LogP contribution is 2.23. The number of hydrazine groups is 1. The minimum absolute atomic E-state index is 0.0184. The molecule has 0 aliphatic rings. The van der Waals surface area contributed by atoms with Gasteiger partial charge in [-0.1, -0.05) is 12.1 Å². The molecular weight excluding hydrogens is 290 g/mol. The lowest BCUT2D eigenvalue weighted by Gasteiger charge is -2.23. The Balaban J connectivity index is 2.44. The van der Waals surface area contributed by atoms with E-state index in [1.807, 2.05) is 25.1 Å². The van der Waals surface area contributed by atoms with E-state index in [-0.39, 0.29) is 10.8 Å². The number of nitrogens with one attached hydrogen (secondary N) is 1. The van der Waals surface area contributed by atoms with Crippen LogP contribution in [0.5, 0.6) is 0 Å². The Morgan fingerprint density at radius 3 is 2.48 bits per heavy atom. The van der Waals surface area contributed by atoms with Crippen LogP contribution in [0.4, 0.5) is 11.6 Å². The number of rotatable bonds is 5. The summed E-state index contributed by atoms with van der Waals surface area (Å²) in [7, 11) is -3.71. The molecule has 1 aromatic heterocycles. The van der Waals surface area contributed by atoms with Gasteiger partial charge in [0.1, 0.15) is 4.90 Å². The number of aromatic nitrogens is 2. The average Bonchev–Trinajstić information content (AvgIpc) is 2.48. The summed E-state index contributed by atoms with van der Waals surface area (Å²) in [6, 6.07) is 7.30. The molecule has 0 radical (unpaired) electrons. The molecule has 0 atom stereocenters. The number of benzene rings is 1. The van der Waals surface area contributed by atoms with Gasteiger partial charge in [0.05, 0.1) is 18.1 Å². The second-order valence-corrected chi connectivity index (χ2v) is 6.26. The maximum absolute atomic E-state index is 12.7. The van der Waals surface area contributed by atoms with Crippen molar-refractivity contribution < 1.29 is 8.42 Å². The number of nitrogens with two attached hydrogens (primary N) is 1. The molecule has 0 fully saturated rings. The predicted octanol–water partition coefficient (Wildman–Crippen LogP) is 1.29. The molecule has 0 spiro atoms. The fourth-order valence-electron chi connectivity index (χ4n) is 1.93. The van der Waals surface area contributed by atoms with Crippen molar-refractivity contribution in [2.45, 2.75) is 18.7 Å². The van der Waals surface area contributed by atoms with E-state index in [1.165, 1.54) is 16.7 Å². The number of nitrogens with zero attached hydrogens (tertiary/aromatic N) is 3. The van der Waals surface area contributed by atoms with Gasteiger partial charge in [-0.05, 0) is 31.5 Å². The van der Waals surface area contributed by atoms with Crippen LogP contribution in [0.3, 0.4) is 0 Å². The van der Waals surface area contributed by atoms with Crippen LogP contribution >= 0.6 is 0 Å². The van der Waals surface area contributed by atoms with Crippen molar-refractivity contribution in [2.75, 3.05) is 16.3 Å². The van der Waals surface area contributed by atoms with Gasteiger partial charge in [-0.2, -0.15) is 0 Å². The topological polar surface area (TPSA) is 101 Å². The Bertz CT molecular complexity index is 716. The largest absolute Gasteiger partial charge is 0.292 e. The minimum atomic E-state index is -3.71. The van der Waals surface area contributed by atoms with Crippen molar-refractivity contribution in [2.24, 2.45) is 5.84 Å². The number of hydrogen-bond acceptors (Lipinski definition) is 6. The van der Waals surface area contributed by atoms with Crippen LogP contribution in [0.25, 0.3) is 0 Å². The van der Waals surface area contributed by atoms with Crippen LogP contribution in [0.1, 0.15) is 12.5 Å². The Kier molecular flexibility index (Phi) is 4.39. The van der Waals surface area contributed by atoms with Crippen molar-refractivity contribution in [3.63, 3.8) is 0 Å². The third-order valence-electron chi connectivity index (χ3n) is 2.92. The molecule has 0 aliphatic heterocycles. The molecule has 0 aliphatic carbocycles. The van der Waals surface area contributed by atoms with Crippen LogP contribution in [0, 0.1) is 6.92 Å². The molecular formula is C13H17N5O2S. The van der Waals surface area contributed by atoms with Crippen molar-refractivity contribution in [3.05, 3.63) is 42.2 Å². The molecule has 1 heterocycles. The van der Waals surface area contributed by atoms with Gasteiger partial charge < -0.3 is 0 Å². The van der Waals surface area contributed by atoms with E-state index < -0.39 is 10.0 Å². The second-order valence-electron chi connectivity index (χ2n) is 4.40. The smallest absolute Gasteiger partial charge is 0.267 e. The summed E-state index contributed by atoms with van der Waals surface area (Å²) in [6.07, 6.45) is 2.46. The van der Waals surface area contributed by atoms with Gasteiger partial charge in [0.15, 0.2) is 0 Å². The van der Waals surface area contributed by atoms with E-state index >= 15 is 0 Å². The van der Waals surface area contributed by atoms with Crippen molar-refractivity contribution in [3.8, 4) is 0 Å². The fraction of sp³-hybridized carbons (Fsp3) is 0.231. The first-order valence-corrected chi connectivity index (χ1v) is 7.81. The summed E-state index contributed by atoms with van der Waals surface area (Å²) in [5.41, 5.74) is 3.85. The number of aryl methyl sites for hydroxylation is 1. The Hall–Kier alpha value is -2.19. The number of anilines is 2. The zero-order chi connectivity index (χ0) is 15.5. The number of sulfonamides is 1. The molecule has 0 saturated heterocycles. The molecule has 0 unspecified atom stereocenters. The lowest BCUT2D eigenvalue weighted by molar-refractivity contribution is 0.591. The molecule has 7 nitrogen and oxygen atoms in total. The third kappa shape index (κ3) is 3.11. The quantitative estimate of drug-likeness (QED) is 0.637. The number of nitrogen functional groups attached to an aromatic ring is 1. The first kappa shape index (κ1) is 15.2. The fourth-order valence-corrected chi connectivity index (χ4v) is 3.28. The van der Waals surface area contributed by atoms with Gasteiger partial charge in [0.2, 0.25) is 5.95 Å². The van der Waals surface area contributed by atoms with Gasteiger partial charge in [-0.15, -0.1) is 0 Å². The lowest BCUT2D eigenvalue weighted by atomic mass is 10.2. The molecule has 0 saturated carbocycles. The summed E-state index contributed by atoms with van der Waals surface area (Å²) in [5, 5.41) is 0. The molecule has 21 heavy (non-hydrogen) atoms. The molecule has 8 heteroatoms. The van der Waals surface area contributed by atoms with Crippen molar-refractivity contribution in [1.82, 2.24) is 9.97 Å². The van der Waals surface area contributed by atoms with E-state index in [1.54, 1.807) is 13.0 Å². The van der Waals surface area contributed by atoms with E-state index in [9.17, 15) is 8.42 Å². The molecule has 2 rings (SSSR count). The van der Waals surface area contributed by atoms with E-state index in [2.05, 4.69) is 15.4 Å². The lowest BCUT2D eigenvalue weighted by Crippen LogP contribution is -2.31. The summed E-state index contributed by atoms with van der Waals surface area (Å²) < 4.78 is 26.7. The average molecular weight is 307 g/mol. The van der Waals surface area contributed by atoms with Gasteiger partial charge in [0.25, 0.3) is 10.0 Å².